The summed E-state index contributed by atoms with van der Waals surface area (Å²) in [5.41, 5.74) is 0.426. The van der Waals surface area contributed by atoms with Crippen LogP contribution < -0.4 is 0 Å². The molecule has 0 saturated carbocycles. The number of rotatable bonds is 2. The lowest BCUT2D eigenvalue weighted by Crippen LogP contribution is -2.03. The third-order valence-electron chi connectivity index (χ3n) is 1.55. The van der Waals surface area contributed by atoms with Gasteiger partial charge in [0, 0.05) is 11.8 Å². The van der Waals surface area contributed by atoms with Gasteiger partial charge in [-0.05, 0) is 12.1 Å². The minimum absolute atomic E-state index is 0.0543. The van der Waals surface area contributed by atoms with Gasteiger partial charge in [0.2, 0.25) is 0 Å². The molecule has 0 amide bonds. The summed E-state index contributed by atoms with van der Waals surface area (Å²) in [6, 6.07) is 6.86. The molecule has 0 fully saturated rings. The summed E-state index contributed by atoms with van der Waals surface area (Å²) < 4.78 is 4.59. The van der Waals surface area contributed by atoms with Crippen LogP contribution in [-0.4, -0.2) is 18.2 Å². The zero-order chi connectivity index (χ0) is 10.6. The molecule has 0 N–H and O–H groups in total. The molecule has 0 bridgehead atoms. The number of methoxy groups -OCH3 is 1. The van der Waals surface area contributed by atoms with Crippen molar-refractivity contribution in [2.24, 2.45) is 0 Å². The van der Waals surface area contributed by atoms with Crippen LogP contribution in [0.5, 0.6) is 0 Å². The summed E-state index contributed by atoms with van der Waals surface area (Å²) >= 11 is 1.03. The average molecular weight is 210 g/mol. The van der Waals surface area contributed by atoms with E-state index in [0.29, 0.717) is 10.5 Å². The summed E-state index contributed by atoms with van der Waals surface area (Å²) in [5.74, 6) is -0.422. The smallest absolute Gasteiger partial charge is 0.339 e. The number of carbonyl (C=O) groups excluding carboxylic acids is 2. The van der Waals surface area contributed by atoms with Crippen molar-refractivity contribution in [3.05, 3.63) is 29.8 Å². The highest BCUT2D eigenvalue weighted by Crippen LogP contribution is 2.23. The number of ether oxygens (including phenoxy) is 1. The fourth-order valence-corrected chi connectivity index (χ4v) is 1.71. The Morgan fingerprint density at radius 2 is 1.93 bits per heavy atom. The molecule has 1 rings (SSSR count). The standard InChI is InChI=1S/C10H10O3S/c1-7(11)14-9-6-4-3-5-8(9)10(12)13-2/h3-6H,1-2H3. The molecule has 0 atom stereocenters. The second-order valence-electron chi connectivity index (χ2n) is 2.58. The lowest BCUT2D eigenvalue weighted by atomic mass is 10.2. The van der Waals surface area contributed by atoms with Crippen molar-refractivity contribution >= 4 is 22.8 Å². The number of thioether (sulfide) groups is 1. The minimum atomic E-state index is -0.422. The van der Waals surface area contributed by atoms with E-state index in [0.717, 1.165) is 11.8 Å². The molecule has 14 heavy (non-hydrogen) atoms. The zero-order valence-electron chi connectivity index (χ0n) is 7.94. The lowest BCUT2D eigenvalue weighted by Gasteiger charge is -2.04. The fraction of sp³-hybridized carbons (Fsp3) is 0.200. The average Bonchev–Trinajstić information content (AvgIpc) is 2.16. The second kappa shape index (κ2) is 4.81. The van der Waals surface area contributed by atoms with Crippen molar-refractivity contribution in [2.45, 2.75) is 11.8 Å². The maximum absolute atomic E-state index is 11.3. The number of hydrogen-bond acceptors (Lipinski definition) is 4. The van der Waals surface area contributed by atoms with E-state index in [2.05, 4.69) is 4.74 Å². The highest BCUT2D eigenvalue weighted by molar-refractivity contribution is 8.13. The Morgan fingerprint density at radius 3 is 2.50 bits per heavy atom. The summed E-state index contributed by atoms with van der Waals surface area (Å²) in [7, 11) is 1.32. The molecule has 0 radical (unpaired) electrons. The van der Waals surface area contributed by atoms with Gasteiger partial charge in [-0.2, -0.15) is 0 Å². The summed E-state index contributed by atoms with van der Waals surface area (Å²) in [6.45, 7) is 1.46. The molecule has 0 aliphatic heterocycles. The normalized spacial score (nSPS) is 9.57. The molecule has 0 aliphatic carbocycles. The predicted molar refractivity (Wildman–Crippen MR) is 54.3 cm³/mol. The molecular weight excluding hydrogens is 200 g/mol. The van der Waals surface area contributed by atoms with Gasteiger partial charge in [-0.25, -0.2) is 4.79 Å². The number of carbonyl (C=O) groups is 2. The predicted octanol–water partition coefficient (Wildman–Crippen LogP) is 2.11. The van der Waals surface area contributed by atoms with Gasteiger partial charge in [0.1, 0.15) is 0 Å². The monoisotopic (exact) mass is 210 g/mol. The Morgan fingerprint density at radius 1 is 1.29 bits per heavy atom. The van der Waals surface area contributed by atoms with Crippen molar-refractivity contribution in [1.82, 2.24) is 0 Å². The van der Waals surface area contributed by atoms with Crippen LogP contribution in [0.3, 0.4) is 0 Å². The first-order valence-electron chi connectivity index (χ1n) is 4.01. The molecule has 0 aromatic heterocycles. The van der Waals surface area contributed by atoms with E-state index in [1.54, 1.807) is 24.3 Å². The zero-order valence-corrected chi connectivity index (χ0v) is 8.76. The molecule has 0 saturated heterocycles. The van der Waals surface area contributed by atoms with Crippen molar-refractivity contribution < 1.29 is 14.3 Å². The van der Waals surface area contributed by atoms with Crippen LogP contribution in [0.2, 0.25) is 0 Å². The molecule has 3 nitrogen and oxygen atoms in total. The van der Waals surface area contributed by atoms with Gasteiger partial charge >= 0.3 is 5.97 Å². The van der Waals surface area contributed by atoms with Crippen molar-refractivity contribution in [3.63, 3.8) is 0 Å². The Balaban J connectivity index is 3.02. The van der Waals surface area contributed by atoms with Crippen LogP contribution in [-0.2, 0) is 9.53 Å². The van der Waals surface area contributed by atoms with Gasteiger partial charge < -0.3 is 4.74 Å². The van der Waals surface area contributed by atoms with Crippen LogP contribution in [0.4, 0.5) is 0 Å². The first-order valence-corrected chi connectivity index (χ1v) is 4.82. The van der Waals surface area contributed by atoms with E-state index in [1.165, 1.54) is 14.0 Å². The Bertz CT molecular complexity index is 360. The fourth-order valence-electron chi connectivity index (χ4n) is 0.989. The van der Waals surface area contributed by atoms with Gasteiger partial charge in [0.05, 0.1) is 12.7 Å². The van der Waals surface area contributed by atoms with Gasteiger partial charge in [-0.1, -0.05) is 23.9 Å². The summed E-state index contributed by atoms with van der Waals surface area (Å²) in [4.78, 5) is 22.8. The number of benzene rings is 1. The molecule has 0 spiro atoms. The molecule has 74 valence electrons. The van der Waals surface area contributed by atoms with Crippen molar-refractivity contribution in [3.8, 4) is 0 Å². The third-order valence-corrected chi connectivity index (χ3v) is 2.41. The highest BCUT2D eigenvalue weighted by atomic mass is 32.2. The minimum Gasteiger partial charge on any atom is -0.465 e. The van der Waals surface area contributed by atoms with Crippen LogP contribution in [0.15, 0.2) is 29.2 Å². The van der Waals surface area contributed by atoms with E-state index in [9.17, 15) is 9.59 Å². The van der Waals surface area contributed by atoms with Crippen molar-refractivity contribution in [2.75, 3.05) is 7.11 Å². The van der Waals surface area contributed by atoms with Gasteiger partial charge in [0.15, 0.2) is 5.12 Å². The van der Waals surface area contributed by atoms with Gasteiger partial charge in [0.25, 0.3) is 0 Å². The molecule has 1 aromatic rings. The van der Waals surface area contributed by atoms with Crippen molar-refractivity contribution in [1.29, 1.82) is 0 Å². The van der Waals surface area contributed by atoms with E-state index < -0.39 is 5.97 Å². The van der Waals surface area contributed by atoms with E-state index >= 15 is 0 Å². The van der Waals surface area contributed by atoms with Crippen LogP contribution >= 0.6 is 11.8 Å². The maximum Gasteiger partial charge on any atom is 0.339 e. The molecule has 0 aliphatic rings. The highest BCUT2D eigenvalue weighted by Gasteiger charge is 2.12. The number of hydrogen-bond donors (Lipinski definition) is 0. The summed E-state index contributed by atoms with van der Waals surface area (Å²) in [6.07, 6.45) is 0. The largest absolute Gasteiger partial charge is 0.465 e. The Labute approximate surface area is 86.5 Å². The second-order valence-corrected chi connectivity index (χ2v) is 3.80. The number of esters is 1. The van der Waals surface area contributed by atoms with Gasteiger partial charge in [-0.15, -0.1) is 0 Å². The maximum atomic E-state index is 11.3. The molecule has 4 heteroatoms. The Hall–Kier alpha value is -1.29. The van der Waals surface area contributed by atoms with E-state index in [1.807, 2.05) is 0 Å². The van der Waals surface area contributed by atoms with Gasteiger partial charge in [-0.3, -0.25) is 4.79 Å². The molecule has 0 unspecified atom stereocenters. The first-order chi connectivity index (χ1) is 6.65. The molecular formula is C10H10O3S. The SMILES string of the molecule is COC(=O)c1ccccc1SC(C)=O. The lowest BCUT2D eigenvalue weighted by molar-refractivity contribution is -0.109. The summed E-state index contributed by atoms with van der Waals surface area (Å²) in [5, 5.41) is -0.0543. The molecule has 1 aromatic carbocycles. The quantitative estimate of drug-likeness (QED) is 0.554. The van der Waals surface area contributed by atoms with Crippen LogP contribution in [0.1, 0.15) is 17.3 Å². The first kappa shape index (κ1) is 10.8. The van der Waals surface area contributed by atoms with E-state index in [-0.39, 0.29) is 5.12 Å². The molecule has 0 heterocycles. The Kier molecular flexibility index (Phi) is 3.71. The topological polar surface area (TPSA) is 43.4 Å². The third kappa shape index (κ3) is 2.60. The van der Waals surface area contributed by atoms with Crippen LogP contribution in [0, 0.1) is 0 Å². The van der Waals surface area contributed by atoms with E-state index in [4.69, 9.17) is 0 Å². The van der Waals surface area contributed by atoms with Crippen LogP contribution in [0.25, 0.3) is 0 Å².